The quantitative estimate of drug-likeness (QED) is 0.289. The summed E-state index contributed by atoms with van der Waals surface area (Å²) in [6.45, 7) is -0.0572. The number of alkyl halides is 3. The molecule has 6 nitrogen and oxygen atoms in total. The largest absolute Gasteiger partial charge is 0.487 e. The molecule has 11 heteroatoms. The highest BCUT2D eigenvalue weighted by atomic mass is 32.2. The highest BCUT2D eigenvalue weighted by molar-refractivity contribution is 7.93. The summed E-state index contributed by atoms with van der Waals surface area (Å²) in [6.07, 6.45) is -5.18. The molecule has 0 aliphatic carbocycles. The number of aromatic carboxylic acids is 1. The van der Waals surface area contributed by atoms with Crippen molar-refractivity contribution in [3.8, 4) is 5.75 Å². The SMILES string of the molecule is O=C(O)c1ccc(C(F)(F)F)c(NS(=O)(=O)c2c(OCc3ccccc3)ccc3ccccc23)c1F. The summed E-state index contributed by atoms with van der Waals surface area (Å²) in [4.78, 5) is 10.8. The molecule has 0 aromatic heterocycles. The van der Waals surface area contributed by atoms with Gasteiger partial charge in [-0.2, -0.15) is 13.2 Å². The predicted octanol–water partition coefficient (Wildman–Crippen LogP) is 6.08. The van der Waals surface area contributed by atoms with Gasteiger partial charge in [0.1, 0.15) is 17.3 Å². The first-order valence-corrected chi connectivity index (χ1v) is 11.8. The Bertz CT molecular complexity index is 1550. The topological polar surface area (TPSA) is 92.7 Å². The van der Waals surface area contributed by atoms with Gasteiger partial charge in [0, 0.05) is 5.39 Å². The molecule has 2 N–H and O–H groups in total. The number of rotatable bonds is 7. The lowest BCUT2D eigenvalue weighted by Gasteiger charge is -2.19. The van der Waals surface area contributed by atoms with Gasteiger partial charge in [-0.3, -0.25) is 4.72 Å². The van der Waals surface area contributed by atoms with Crippen LogP contribution in [0.25, 0.3) is 10.8 Å². The van der Waals surface area contributed by atoms with Crippen molar-refractivity contribution in [2.24, 2.45) is 0 Å². The minimum atomic E-state index is -5.18. The molecule has 0 saturated carbocycles. The van der Waals surface area contributed by atoms with Crippen molar-refractivity contribution in [1.82, 2.24) is 0 Å². The van der Waals surface area contributed by atoms with Gasteiger partial charge in [-0.1, -0.05) is 60.7 Å². The van der Waals surface area contributed by atoms with Gasteiger partial charge in [0.25, 0.3) is 10.0 Å². The lowest BCUT2D eigenvalue weighted by molar-refractivity contribution is -0.137. The molecule has 0 aliphatic heterocycles. The Morgan fingerprint density at radius 3 is 2.25 bits per heavy atom. The summed E-state index contributed by atoms with van der Waals surface area (Å²) < 4.78 is 90.1. The zero-order valence-electron chi connectivity index (χ0n) is 18.2. The number of hydrogen-bond donors (Lipinski definition) is 2. The van der Waals surface area contributed by atoms with Crippen LogP contribution in [0.1, 0.15) is 21.5 Å². The van der Waals surface area contributed by atoms with Crippen molar-refractivity contribution in [2.75, 3.05) is 4.72 Å². The molecule has 0 fully saturated rings. The molecular weight excluding hydrogens is 502 g/mol. The molecule has 0 heterocycles. The van der Waals surface area contributed by atoms with Gasteiger partial charge in [-0.15, -0.1) is 0 Å². The smallest absolute Gasteiger partial charge is 0.418 e. The van der Waals surface area contributed by atoms with Crippen molar-refractivity contribution >= 4 is 32.5 Å². The van der Waals surface area contributed by atoms with E-state index in [1.807, 2.05) is 0 Å². The first kappa shape index (κ1) is 25.0. The van der Waals surface area contributed by atoms with Crippen LogP contribution in [0.2, 0.25) is 0 Å². The molecule has 4 aromatic carbocycles. The molecule has 0 radical (unpaired) electrons. The van der Waals surface area contributed by atoms with E-state index in [-0.39, 0.29) is 17.7 Å². The second-order valence-electron chi connectivity index (χ2n) is 7.65. The summed E-state index contributed by atoms with van der Waals surface area (Å²) in [5.74, 6) is -3.92. The maximum Gasteiger partial charge on any atom is 0.418 e. The summed E-state index contributed by atoms with van der Waals surface area (Å²) >= 11 is 0. The van der Waals surface area contributed by atoms with Crippen molar-refractivity contribution in [3.05, 3.63) is 101 Å². The number of carboxylic acids is 1. The lowest BCUT2D eigenvalue weighted by Crippen LogP contribution is -2.21. The molecule has 0 bridgehead atoms. The van der Waals surface area contributed by atoms with E-state index < -0.39 is 49.7 Å². The lowest BCUT2D eigenvalue weighted by atomic mass is 10.1. The number of benzene rings is 4. The molecule has 186 valence electrons. The van der Waals surface area contributed by atoms with E-state index in [0.717, 1.165) is 0 Å². The highest BCUT2D eigenvalue weighted by Crippen LogP contribution is 2.40. The standard InChI is InChI=1S/C25H17F4NO5S/c26-21-18(24(31)32)11-12-19(25(27,28)29)22(21)30-36(33,34)23-17-9-5-4-8-16(17)10-13-20(23)35-14-15-6-2-1-3-7-15/h1-13,30H,14H2,(H,31,32). The monoisotopic (exact) mass is 519 g/mol. The number of halogens is 4. The first-order valence-electron chi connectivity index (χ1n) is 10.3. The molecular formula is C25H17F4NO5S. The van der Waals surface area contributed by atoms with Crippen LogP contribution < -0.4 is 9.46 Å². The summed E-state index contributed by atoms with van der Waals surface area (Å²) in [6, 6.07) is 18.5. The van der Waals surface area contributed by atoms with Crippen LogP contribution in [-0.4, -0.2) is 19.5 Å². The van der Waals surface area contributed by atoms with Crippen molar-refractivity contribution in [3.63, 3.8) is 0 Å². The maximum atomic E-state index is 14.9. The van der Waals surface area contributed by atoms with Crippen molar-refractivity contribution in [2.45, 2.75) is 17.7 Å². The van der Waals surface area contributed by atoms with Gasteiger partial charge in [-0.25, -0.2) is 17.6 Å². The minimum absolute atomic E-state index is 0.0572. The number of anilines is 1. The summed E-state index contributed by atoms with van der Waals surface area (Å²) in [7, 11) is -4.93. The van der Waals surface area contributed by atoms with Crippen LogP contribution in [0.15, 0.2) is 83.8 Å². The number of ether oxygens (including phenoxy) is 1. The summed E-state index contributed by atoms with van der Waals surface area (Å²) in [5, 5.41) is 9.69. The third-order valence-electron chi connectivity index (χ3n) is 5.26. The second kappa shape index (κ2) is 9.50. The minimum Gasteiger partial charge on any atom is -0.487 e. The second-order valence-corrected chi connectivity index (χ2v) is 9.27. The van der Waals surface area contributed by atoms with E-state index in [9.17, 15) is 30.8 Å². The van der Waals surface area contributed by atoms with Crippen LogP contribution in [0.4, 0.5) is 23.2 Å². The Labute approximate surface area is 202 Å². The van der Waals surface area contributed by atoms with Crippen LogP contribution in [0, 0.1) is 5.82 Å². The van der Waals surface area contributed by atoms with E-state index in [1.54, 1.807) is 53.3 Å². The first-order chi connectivity index (χ1) is 17.0. The third-order valence-corrected chi connectivity index (χ3v) is 6.69. The van der Waals surface area contributed by atoms with Gasteiger partial charge >= 0.3 is 12.1 Å². The molecule has 4 rings (SSSR count). The molecule has 4 aromatic rings. The Morgan fingerprint density at radius 2 is 1.58 bits per heavy atom. The fourth-order valence-electron chi connectivity index (χ4n) is 3.61. The van der Waals surface area contributed by atoms with E-state index in [0.29, 0.717) is 23.1 Å². The van der Waals surface area contributed by atoms with Crippen molar-refractivity contribution in [1.29, 1.82) is 0 Å². The highest BCUT2D eigenvalue weighted by Gasteiger charge is 2.38. The average molecular weight is 519 g/mol. The molecule has 0 atom stereocenters. The normalized spacial score (nSPS) is 11.9. The molecule has 0 aliphatic rings. The number of sulfonamides is 1. The average Bonchev–Trinajstić information content (AvgIpc) is 2.83. The number of hydrogen-bond acceptors (Lipinski definition) is 4. The Kier molecular flexibility index (Phi) is 6.59. The van der Waals surface area contributed by atoms with Crippen LogP contribution in [0.5, 0.6) is 5.75 Å². The fourth-order valence-corrected chi connectivity index (χ4v) is 5.05. The van der Waals surface area contributed by atoms with Crippen LogP contribution >= 0.6 is 0 Å². The van der Waals surface area contributed by atoms with Gasteiger partial charge in [-0.05, 0) is 29.1 Å². The van der Waals surface area contributed by atoms with Gasteiger partial charge in [0.15, 0.2) is 5.82 Å². The van der Waals surface area contributed by atoms with Gasteiger partial charge in [0.05, 0.1) is 16.8 Å². The molecule has 0 saturated heterocycles. The fraction of sp³-hybridized carbons (Fsp3) is 0.0800. The Balaban J connectivity index is 1.87. The van der Waals surface area contributed by atoms with Crippen molar-refractivity contribution < 1.29 is 40.6 Å². The zero-order chi connectivity index (χ0) is 26.1. The van der Waals surface area contributed by atoms with E-state index >= 15 is 0 Å². The number of fused-ring (bicyclic) bond motifs is 1. The predicted molar refractivity (Wildman–Crippen MR) is 124 cm³/mol. The summed E-state index contributed by atoms with van der Waals surface area (Å²) in [5.41, 5.74) is -3.63. The van der Waals surface area contributed by atoms with Gasteiger partial charge in [0.2, 0.25) is 0 Å². The van der Waals surface area contributed by atoms with E-state index in [4.69, 9.17) is 9.84 Å². The number of carbonyl (C=O) groups is 1. The third kappa shape index (κ3) is 4.96. The molecule has 0 amide bonds. The van der Waals surface area contributed by atoms with E-state index in [2.05, 4.69) is 0 Å². The van der Waals surface area contributed by atoms with Gasteiger partial charge < -0.3 is 9.84 Å². The van der Waals surface area contributed by atoms with Crippen LogP contribution in [-0.2, 0) is 22.8 Å². The Hall–Kier alpha value is -4.12. The zero-order valence-corrected chi connectivity index (χ0v) is 19.0. The number of nitrogens with one attached hydrogen (secondary N) is 1. The molecule has 0 unspecified atom stereocenters. The maximum absolute atomic E-state index is 14.9. The molecule has 36 heavy (non-hydrogen) atoms. The van der Waals surface area contributed by atoms with Crippen LogP contribution in [0.3, 0.4) is 0 Å². The van der Waals surface area contributed by atoms with E-state index in [1.165, 1.54) is 18.2 Å². The Morgan fingerprint density at radius 1 is 0.917 bits per heavy atom. The number of carboxylic acid groups (broad SMARTS) is 1. The molecule has 0 spiro atoms.